The third-order valence-electron chi connectivity index (χ3n) is 5.81. The first kappa shape index (κ1) is 20.7. The third kappa shape index (κ3) is 4.28. The number of ether oxygens (including phenoxy) is 1. The van der Waals surface area contributed by atoms with Gasteiger partial charge >= 0.3 is 6.09 Å². The molecule has 0 aliphatic heterocycles. The van der Waals surface area contributed by atoms with E-state index in [1.165, 1.54) is 34.4 Å². The topological polar surface area (TPSA) is 67.0 Å². The summed E-state index contributed by atoms with van der Waals surface area (Å²) in [6.07, 6.45) is 4.89. The van der Waals surface area contributed by atoms with E-state index in [0.717, 1.165) is 16.8 Å². The predicted octanol–water partition coefficient (Wildman–Crippen LogP) is 5.77. The van der Waals surface area contributed by atoms with E-state index in [1.807, 2.05) is 36.4 Å². The molecule has 0 fully saturated rings. The van der Waals surface area contributed by atoms with Gasteiger partial charge in [-0.15, -0.1) is 0 Å². The van der Waals surface area contributed by atoms with Crippen LogP contribution in [0.15, 0.2) is 85.1 Å². The maximum Gasteiger partial charge on any atom is 0.407 e. The van der Waals surface area contributed by atoms with Gasteiger partial charge in [-0.3, -0.25) is 5.10 Å². The van der Waals surface area contributed by atoms with Crippen molar-refractivity contribution in [3.8, 4) is 22.4 Å². The highest BCUT2D eigenvalue weighted by atomic mass is 19.1. The minimum atomic E-state index is -0.465. The van der Waals surface area contributed by atoms with Crippen LogP contribution < -0.4 is 5.32 Å². The van der Waals surface area contributed by atoms with Gasteiger partial charge in [0.25, 0.3) is 0 Å². The predicted molar refractivity (Wildman–Crippen MR) is 126 cm³/mol. The van der Waals surface area contributed by atoms with Gasteiger partial charge in [-0.1, -0.05) is 60.7 Å². The maximum absolute atomic E-state index is 13.2. The summed E-state index contributed by atoms with van der Waals surface area (Å²) in [5.41, 5.74) is 7.21. The van der Waals surface area contributed by atoms with Gasteiger partial charge in [-0.05, 0) is 46.5 Å². The van der Waals surface area contributed by atoms with Crippen LogP contribution in [-0.4, -0.2) is 29.4 Å². The molecule has 0 bridgehead atoms. The quantitative estimate of drug-likeness (QED) is 0.401. The van der Waals surface area contributed by atoms with Crippen molar-refractivity contribution in [2.45, 2.75) is 5.92 Å². The summed E-state index contributed by atoms with van der Waals surface area (Å²) in [4.78, 5) is 12.3. The SMILES string of the molecule is O=C(NCC=Cc1cn[nH]c1-c1ccc(F)cc1)OCC1c2ccccc2-c2ccccc21. The summed E-state index contributed by atoms with van der Waals surface area (Å²) < 4.78 is 18.7. The van der Waals surface area contributed by atoms with Crippen LogP contribution in [0.25, 0.3) is 28.5 Å². The molecule has 0 radical (unpaired) electrons. The molecule has 1 aromatic heterocycles. The van der Waals surface area contributed by atoms with E-state index >= 15 is 0 Å². The lowest BCUT2D eigenvalue weighted by Crippen LogP contribution is -2.26. The molecule has 1 heterocycles. The average molecular weight is 439 g/mol. The fraction of sp³-hybridized carbons (Fsp3) is 0.111. The van der Waals surface area contributed by atoms with Crippen LogP contribution in [-0.2, 0) is 4.74 Å². The van der Waals surface area contributed by atoms with Gasteiger partial charge in [0.2, 0.25) is 0 Å². The second kappa shape index (κ2) is 9.12. The van der Waals surface area contributed by atoms with Crippen LogP contribution in [0.5, 0.6) is 0 Å². The van der Waals surface area contributed by atoms with E-state index in [4.69, 9.17) is 4.74 Å². The Morgan fingerprint density at radius 2 is 1.67 bits per heavy atom. The minimum Gasteiger partial charge on any atom is -0.449 e. The molecule has 5 rings (SSSR count). The van der Waals surface area contributed by atoms with Gasteiger partial charge in [0.1, 0.15) is 12.4 Å². The number of aromatic amines is 1. The number of H-pyrrole nitrogens is 1. The zero-order valence-corrected chi connectivity index (χ0v) is 17.8. The number of nitrogens with zero attached hydrogens (tertiary/aromatic N) is 1. The second-order valence-electron chi connectivity index (χ2n) is 7.82. The lowest BCUT2D eigenvalue weighted by Gasteiger charge is -2.14. The van der Waals surface area contributed by atoms with E-state index in [1.54, 1.807) is 18.3 Å². The first-order chi connectivity index (χ1) is 16.2. The minimum absolute atomic E-state index is 0.0305. The van der Waals surface area contributed by atoms with Crippen molar-refractivity contribution in [3.05, 3.63) is 108 Å². The molecule has 5 nitrogen and oxygen atoms in total. The molecule has 0 saturated heterocycles. The Morgan fingerprint density at radius 3 is 2.36 bits per heavy atom. The summed E-state index contributed by atoms with van der Waals surface area (Å²) >= 11 is 0. The van der Waals surface area contributed by atoms with E-state index < -0.39 is 6.09 Å². The number of halogens is 1. The first-order valence-corrected chi connectivity index (χ1v) is 10.8. The Balaban J connectivity index is 1.17. The zero-order valence-electron chi connectivity index (χ0n) is 17.8. The van der Waals surface area contributed by atoms with E-state index in [9.17, 15) is 9.18 Å². The molecule has 1 aliphatic carbocycles. The summed E-state index contributed by atoms with van der Waals surface area (Å²) in [7, 11) is 0. The highest BCUT2D eigenvalue weighted by Gasteiger charge is 2.28. The molecule has 3 aromatic carbocycles. The van der Waals surface area contributed by atoms with E-state index in [2.05, 4.69) is 39.8 Å². The molecule has 0 unspecified atom stereocenters. The molecule has 1 amide bonds. The fourth-order valence-electron chi connectivity index (χ4n) is 4.25. The van der Waals surface area contributed by atoms with Gasteiger partial charge in [-0.2, -0.15) is 5.10 Å². The number of hydrogen-bond donors (Lipinski definition) is 2. The van der Waals surface area contributed by atoms with Gasteiger partial charge in [0, 0.05) is 23.6 Å². The molecule has 6 heteroatoms. The van der Waals surface area contributed by atoms with E-state index in [-0.39, 0.29) is 18.3 Å². The number of nitrogens with one attached hydrogen (secondary N) is 2. The summed E-state index contributed by atoms with van der Waals surface area (Å²) in [5, 5.41) is 9.74. The summed E-state index contributed by atoms with van der Waals surface area (Å²) in [5.74, 6) is -0.259. The Bertz CT molecular complexity index is 1270. The van der Waals surface area contributed by atoms with Crippen molar-refractivity contribution in [2.24, 2.45) is 0 Å². The lowest BCUT2D eigenvalue weighted by atomic mass is 9.98. The van der Waals surface area contributed by atoms with Crippen molar-refractivity contribution in [3.63, 3.8) is 0 Å². The van der Waals surface area contributed by atoms with E-state index in [0.29, 0.717) is 6.54 Å². The Hall–Kier alpha value is -4.19. The molecule has 0 spiro atoms. The van der Waals surface area contributed by atoms with Crippen LogP contribution in [0.4, 0.5) is 9.18 Å². The average Bonchev–Trinajstić information content (AvgIpc) is 3.44. The molecule has 33 heavy (non-hydrogen) atoms. The highest BCUT2D eigenvalue weighted by molar-refractivity contribution is 5.79. The Labute approximate surface area is 190 Å². The number of benzene rings is 3. The molecule has 0 saturated carbocycles. The van der Waals surface area contributed by atoms with Crippen LogP contribution in [0.1, 0.15) is 22.6 Å². The highest BCUT2D eigenvalue weighted by Crippen LogP contribution is 2.44. The zero-order chi connectivity index (χ0) is 22.6. The Morgan fingerprint density at radius 1 is 1.00 bits per heavy atom. The van der Waals surface area contributed by atoms with Gasteiger partial charge in [0.05, 0.1) is 11.9 Å². The molecule has 2 N–H and O–H groups in total. The summed E-state index contributed by atoms with van der Waals surface area (Å²) in [6, 6.07) is 22.7. The maximum atomic E-state index is 13.2. The molecular formula is C27H22FN3O2. The van der Waals surface area contributed by atoms with Crippen molar-refractivity contribution in [1.29, 1.82) is 0 Å². The van der Waals surface area contributed by atoms with Crippen LogP contribution in [0, 0.1) is 5.82 Å². The largest absolute Gasteiger partial charge is 0.449 e. The number of fused-ring (bicyclic) bond motifs is 3. The van der Waals surface area contributed by atoms with Crippen molar-refractivity contribution in [2.75, 3.05) is 13.2 Å². The number of rotatable bonds is 6. The molecule has 4 aromatic rings. The van der Waals surface area contributed by atoms with Gasteiger partial charge < -0.3 is 10.1 Å². The van der Waals surface area contributed by atoms with Crippen molar-refractivity contribution < 1.29 is 13.9 Å². The number of carbonyl (C=O) groups is 1. The monoisotopic (exact) mass is 439 g/mol. The number of amides is 1. The number of hydrogen-bond acceptors (Lipinski definition) is 3. The Kier molecular flexibility index (Phi) is 5.72. The molecule has 0 atom stereocenters. The van der Waals surface area contributed by atoms with Crippen molar-refractivity contribution in [1.82, 2.24) is 15.5 Å². The lowest BCUT2D eigenvalue weighted by molar-refractivity contribution is 0.144. The molecule has 164 valence electrons. The van der Waals surface area contributed by atoms with Crippen LogP contribution >= 0.6 is 0 Å². The standard InChI is InChI=1S/C27H22FN3O2/c28-20-13-11-18(12-14-20)26-19(16-30-31-26)6-5-15-29-27(32)33-17-25-23-9-3-1-7-21(23)22-8-2-4-10-24(22)25/h1-14,16,25H,15,17H2,(H,29,32)(H,30,31). The van der Waals surface area contributed by atoms with Crippen LogP contribution in [0.2, 0.25) is 0 Å². The normalized spacial score (nSPS) is 12.5. The molecule has 1 aliphatic rings. The third-order valence-corrected chi connectivity index (χ3v) is 5.81. The second-order valence-corrected chi connectivity index (χ2v) is 7.82. The number of aromatic nitrogens is 2. The summed E-state index contributed by atoms with van der Waals surface area (Å²) in [6.45, 7) is 0.588. The van der Waals surface area contributed by atoms with Crippen LogP contribution in [0.3, 0.4) is 0 Å². The first-order valence-electron chi connectivity index (χ1n) is 10.8. The van der Waals surface area contributed by atoms with Gasteiger partial charge in [0.15, 0.2) is 0 Å². The number of alkyl carbamates (subject to hydrolysis) is 1. The smallest absolute Gasteiger partial charge is 0.407 e. The van der Waals surface area contributed by atoms with Crippen molar-refractivity contribution >= 4 is 12.2 Å². The van der Waals surface area contributed by atoms with Gasteiger partial charge in [-0.25, -0.2) is 9.18 Å². The number of carbonyl (C=O) groups excluding carboxylic acids is 1. The fourth-order valence-corrected chi connectivity index (χ4v) is 4.25. The molecular weight excluding hydrogens is 417 g/mol.